The molecule has 0 aliphatic rings. The number of rotatable bonds is 5. The smallest absolute Gasteiger partial charge is 0.332 e. The minimum atomic E-state index is -3.66. The van der Waals surface area contributed by atoms with Crippen LogP contribution in [0.15, 0.2) is 12.1 Å². The number of hydrogen-bond donors (Lipinski definition) is 1. The molecule has 96 valence electrons. The van der Waals surface area contributed by atoms with E-state index in [4.69, 9.17) is 21.1 Å². The van der Waals surface area contributed by atoms with Gasteiger partial charge in [0.05, 0.1) is 25.4 Å². The molecule has 1 N–H and O–H groups in total. The van der Waals surface area contributed by atoms with E-state index >= 15 is 0 Å². The second-order valence-corrected chi connectivity index (χ2v) is 5.59. The lowest BCUT2D eigenvalue weighted by atomic mass is 10.2. The Morgan fingerprint density at radius 1 is 1.29 bits per heavy atom. The standard InChI is InChI=1S/C10H14ClO5P/c1-14-8-5-4-7(6-17(12,13)16-3)9(11)10(8)15-2/h4-5H,6H2,1-3H3,(H,12,13). The van der Waals surface area contributed by atoms with E-state index in [9.17, 15) is 9.46 Å². The first kappa shape index (κ1) is 14.3. The minimum absolute atomic E-state index is 0.178. The van der Waals surface area contributed by atoms with Gasteiger partial charge in [0.25, 0.3) is 0 Å². The van der Waals surface area contributed by atoms with Gasteiger partial charge in [-0.2, -0.15) is 0 Å². The number of hydrogen-bond acceptors (Lipinski definition) is 4. The van der Waals surface area contributed by atoms with E-state index in [1.54, 1.807) is 12.1 Å². The Morgan fingerprint density at radius 2 is 1.94 bits per heavy atom. The Balaban J connectivity index is 3.15. The van der Waals surface area contributed by atoms with Crippen molar-refractivity contribution in [1.82, 2.24) is 0 Å². The van der Waals surface area contributed by atoms with Gasteiger partial charge in [-0.15, -0.1) is 0 Å². The summed E-state index contributed by atoms with van der Waals surface area (Å²) in [6.07, 6.45) is -0.178. The molecule has 0 aliphatic heterocycles. The van der Waals surface area contributed by atoms with Crippen LogP contribution in [0.1, 0.15) is 5.56 Å². The largest absolute Gasteiger partial charge is 0.493 e. The molecule has 17 heavy (non-hydrogen) atoms. The monoisotopic (exact) mass is 280 g/mol. The number of benzene rings is 1. The highest BCUT2D eigenvalue weighted by atomic mass is 35.5. The van der Waals surface area contributed by atoms with E-state index < -0.39 is 7.60 Å². The highest BCUT2D eigenvalue weighted by Crippen LogP contribution is 2.48. The van der Waals surface area contributed by atoms with Crippen molar-refractivity contribution in [3.63, 3.8) is 0 Å². The van der Waals surface area contributed by atoms with Gasteiger partial charge in [0.15, 0.2) is 11.5 Å². The first-order valence-corrected chi connectivity index (χ1v) is 6.86. The van der Waals surface area contributed by atoms with Crippen LogP contribution in [0.25, 0.3) is 0 Å². The van der Waals surface area contributed by atoms with Crippen molar-refractivity contribution in [2.45, 2.75) is 6.16 Å². The molecule has 0 spiro atoms. The van der Waals surface area contributed by atoms with Gasteiger partial charge in [0.1, 0.15) is 0 Å². The predicted molar refractivity (Wildman–Crippen MR) is 65.1 cm³/mol. The number of methoxy groups -OCH3 is 2. The summed E-state index contributed by atoms with van der Waals surface area (Å²) < 4.78 is 26.1. The highest BCUT2D eigenvalue weighted by Gasteiger charge is 2.22. The second-order valence-electron chi connectivity index (χ2n) is 3.25. The summed E-state index contributed by atoms with van der Waals surface area (Å²) in [6, 6.07) is 3.22. The van der Waals surface area contributed by atoms with Crippen molar-refractivity contribution >= 4 is 19.2 Å². The number of ether oxygens (including phenoxy) is 2. The molecule has 0 saturated heterocycles. The topological polar surface area (TPSA) is 65.0 Å². The van der Waals surface area contributed by atoms with Crippen LogP contribution < -0.4 is 9.47 Å². The predicted octanol–water partition coefficient (Wildman–Crippen LogP) is 2.69. The third-order valence-corrected chi connectivity index (χ3v) is 3.95. The van der Waals surface area contributed by atoms with Crippen LogP contribution in [0.3, 0.4) is 0 Å². The molecule has 1 atom stereocenters. The fourth-order valence-electron chi connectivity index (χ4n) is 1.33. The molecule has 0 fully saturated rings. The molecule has 0 aliphatic carbocycles. The Morgan fingerprint density at radius 3 is 2.41 bits per heavy atom. The lowest BCUT2D eigenvalue weighted by Gasteiger charge is -2.14. The molecule has 5 nitrogen and oxygen atoms in total. The van der Waals surface area contributed by atoms with Crippen LogP contribution in [0, 0.1) is 0 Å². The summed E-state index contributed by atoms with van der Waals surface area (Å²) in [5.41, 5.74) is 0.469. The van der Waals surface area contributed by atoms with Crippen molar-refractivity contribution in [2.75, 3.05) is 21.3 Å². The molecule has 0 saturated carbocycles. The molecule has 1 aromatic rings. The van der Waals surface area contributed by atoms with Crippen LogP contribution in [-0.4, -0.2) is 26.2 Å². The zero-order valence-corrected chi connectivity index (χ0v) is 11.4. The second kappa shape index (κ2) is 5.74. The van der Waals surface area contributed by atoms with Crippen LogP contribution in [0.5, 0.6) is 11.5 Å². The molecule has 0 aromatic heterocycles. The Labute approximate surface area is 105 Å². The fraction of sp³-hybridized carbons (Fsp3) is 0.400. The lowest BCUT2D eigenvalue weighted by Crippen LogP contribution is -1.96. The first-order valence-electron chi connectivity index (χ1n) is 4.72. The molecule has 0 amide bonds. The molecule has 1 unspecified atom stereocenters. The van der Waals surface area contributed by atoms with Gasteiger partial charge >= 0.3 is 7.60 Å². The third kappa shape index (κ3) is 3.36. The summed E-state index contributed by atoms with van der Waals surface area (Å²) in [5.74, 6) is 0.800. The van der Waals surface area contributed by atoms with Gasteiger partial charge in [-0.1, -0.05) is 17.7 Å². The Kier molecular flexibility index (Phi) is 4.83. The van der Waals surface area contributed by atoms with Gasteiger partial charge in [0.2, 0.25) is 0 Å². The maximum Gasteiger partial charge on any atom is 0.332 e. The third-order valence-electron chi connectivity index (χ3n) is 2.22. The summed E-state index contributed by atoms with van der Waals surface area (Å²) in [6.45, 7) is 0. The average Bonchev–Trinajstić information content (AvgIpc) is 2.31. The SMILES string of the molecule is COc1ccc(CP(=O)(O)OC)c(Cl)c1OC. The summed E-state index contributed by atoms with van der Waals surface area (Å²) in [4.78, 5) is 9.39. The van der Waals surface area contributed by atoms with Gasteiger partial charge < -0.3 is 18.9 Å². The lowest BCUT2D eigenvalue weighted by molar-refractivity contribution is 0.314. The van der Waals surface area contributed by atoms with Gasteiger partial charge in [-0.05, 0) is 11.6 Å². The van der Waals surface area contributed by atoms with Gasteiger partial charge in [0, 0.05) is 7.11 Å². The molecular weight excluding hydrogens is 267 g/mol. The zero-order valence-electron chi connectivity index (χ0n) is 9.77. The molecule has 1 rings (SSSR count). The molecule has 0 heterocycles. The van der Waals surface area contributed by atoms with Crippen LogP contribution in [0.2, 0.25) is 5.02 Å². The normalized spacial score (nSPS) is 14.2. The van der Waals surface area contributed by atoms with E-state index in [-0.39, 0.29) is 11.2 Å². The van der Waals surface area contributed by atoms with Gasteiger partial charge in [-0.25, -0.2) is 0 Å². The van der Waals surface area contributed by atoms with Crippen LogP contribution in [0.4, 0.5) is 0 Å². The van der Waals surface area contributed by atoms with E-state index in [0.717, 1.165) is 0 Å². The summed E-state index contributed by atoms with van der Waals surface area (Å²) >= 11 is 6.06. The maximum atomic E-state index is 11.5. The van der Waals surface area contributed by atoms with E-state index in [2.05, 4.69) is 4.52 Å². The van der Waals surface area contributed by atoms with E-state index in [1.807, 2.05) is 0 Å². The summed E-state index contributed by atoms with van der Waals surface area (Å²) in [5, 5.41) is 0.248. The van der Waals surface area contributed by atoms with Gasteiger partial charge in [-0.3, -0.25) is 4.57 Å². The molecular formula is C10H14ClO5P. The van der Waals surface area contributed by atoms with E-state index in [0.29, 0.717) is 17.1 Å². The Hall–Kier alpha value is -0.740. The first-order chi connectivity index (χ1) is 7.95. The molecule has 1 aromatic carbocycles. The van der Waals surface area contributed by atoms with Crippen molar-refractivity contribution in [3.8, 4) is 11.5 Å². The van der Waals surface area contributed by atoms with Crippen molar-refractivity contribution in [1.29, 1.82) is 0 Å². The zero-order chi connectivity index (χ0) is 13.1. The quantitative estimate of drug-likeness (QED) is 0.840. The molecule has 0 radical (unpaired) electrons. The Bertz CT molecular complexity index is 449. The van der Waals surface area contributed by atoms with E-state index in [1.165, 1.54) is 21.3 Å². The van der Waals surface area contributed by atoms with Crippen molar-refractivity contribution in [2.24, 2.45) is 0 Å². The maximum absolute atomic E-state index is 11.5. The molecule has 0 bridgehead atoms. The minimum Gasteiger partial charge on any atom is -0.493 e. The van der Waals surface area contributed by atoms with Crippen molar-refractivity contribution in [3.05, 3.63) is 22.7 Å². The highest BCUT2D eigenvalue weighted by molar-refractivity contribution is 7.51. The fourth-order valence-corrected chi connectivity index (χ4v) is 2.55. The summed E-state index contributed by atoms with van der Waals surface area (Å²) in [7, 11) is 0.452. The van der Waals surface area contributed by atoms with Crippen LogP contribution >= 0.6 is 19.2 Å². The average molecular weight is 281 g/mol. The van der Waals surface area contributed by atoms with Crippen molar-refractivity contribution < 1.29 is 23.5 Å². The molecule has 7 heteroatoms. The number of halogens is 1. The van der Waals surface area contributed by atoms with Crippen LogP contribution in [-0.2, 0) is 15.3 Å².